The SMILES string of the molecule is Cc1cc(Cl)cc(C(=O)NCCC2CCCN2C)n1. The minimum Gasteiger partial charge on any atom is -0.351 e. The summed E-state index contributed by atoms with van der Waals surface area (Å²) in [5.74, 6) is -0.147. The summed E-state index contributed by atoms with van der Waals surface area (Å²) in [5, 5.41) is 3.46. The molecule has 2 rings (SSSR count). The fraction of sp³-hybridized carbons (Fsp3) is 0.571. The van der Waals surface area contributed by atoms with E-state index in [-0.39, 0.29) is 5.91 Å². The molecule has 0 spiro atoms. The Morgan fingerprint density at radius 3 is 3.00 bits per heavy atom. The summed E-state index contributed by atoms with van der Waals surface area (Å²) >= 11 is 5.92. The zero-order valence-electron chi connectivity index (χ0n) is 11.4. The molecule has 0 radical (unpaired) electrons. The van der Waals surface area contributed by atoms with E-state index in [4.69, 9.17) is 11.6 Å². The predicted octanol–water partition coefficient (Wildman–Crippen LogP) is 2.26. The lowest BCUT2D eigenvalue weighted by Crippen LogP contribution is -2.32. The van der Waals surface area contributed by atoms with E-state index < -0.39 is 0 Å². The van der Waals surface area contributed by atoms with Crippen LogP contribution < -0.4 is 5.32 Å². The number of carbonyl (C=O) groups excluding carboxylic acids is 1. The Morgan fingerprint density at radius 1 is 1.58 bits per heavy atom. The normalized spacial score (nSPS) is 19.6. The van der Waals surface area contributed by atoms with Crippen molar-refractivity contribution >= 4 is 17.5 Å². The van der Waals surface area contributed by atoms with Crippen LogP contribution in [-0.2, 0) is 0 Å². The molecular weight excluding hydrogens is 262 g/mol. The first-order valence-corrected chi connectivity index (χ1v) is 7.06. The van der Waals surface area contributed by atoms with E-state index in [1.807, 2.05) is 6.92 Å². The maximum Gasteiger partial charge on any atom is 0.269 e. The lowest BCUT2D eigenvalue weighted by molar-refractivity contribution is 0.0945. The van der Waals surface area contributed by atoms with Gasteiger partial charge in [0.25, 0.3) is 5.91 Å². The van der Waals surface area contributed by atoms with E-state index in [0.29, 0.717) is 23.3 Å². The number of aryl methyl sites for hydroxylation is 1. The Balaban J connectivity index is 1.84. The van der Waals surface area contributed by atoms with Crippen molar-refractivity contribution in [2.24, 2.45) is 0 Å². The molecule has 1 unspecified atom stereocenters. The highest BCUT2D eigenvalue weighted by Crippen LogP contribution is 2.17. The minimum atomic E-state index is -0.147. The highest BCUT2D eigenvalue weighted by molar-refractivity contribution is 6.30. The Morgan fingerprint density at radius 2 is 2.37 bits per heavy atom. The third-order valence-corrected chi connectivity index (χ3v) is 3.80. The van der Waals surface area contributed by atoms with Crippen molar-refractivity contribution in [3.05, 3.63) is 28.5 Å². The number of likely N-dealkylation sites (tertiary alicyclic amines) is 1. The van der Waals surface area contributed by atoms with Crippen molar-refractivity contribution in [3.8, 4) is 0 Å². The molecule has 19 heavy (non-hydrogen) atoms. The van der Waals surface area contributed by atoms with Gasteiger partial charge in [0.2, 0.25) is 0 Å². The summed E-state index contributed by atoms with van der Waals surface area (Å²) in [7, 11) is 2.14. The molecule has 1 saturated heterocycles. The molecule has 1 amide bonds. The second kappa shape index (κ2) is 6.35. The average molecular weight is 282 g/mol. The fourth-order valence-electron chi connectivity index (χ4n) is 2.53. The molecule has 5 heteroatoms. The van der Waals surface area contributed by atoms with Crippen molar-refractivity contribution in [2.75, 3.05) is 20.1 Å². The fourth-order valence-corrected chi connectivity index (χ4v) is 2.79. The van der Waals surface area contributed by atoms with E-state index in [9.17, 15) is 4.79 Å². The molecular formula is C14H20ClN3O. The topological polar surface area (TPSA) is 45.2 Å². The second-order valence-electron chi connectivity index (χ2n) is 5.13. The number of nitrogens with one attached hydrogen (secondary N) is 1. The Labute approximate surface area is 119 Å². The highest BCUT2D eigenvalue weighted by atomic mass is 35.5. The van der Waals surface area contributed by atoms with Gasteiger partial charge >= 0.3 is 0 Å². The number of amides is 1. The van der Waals surface area contributed by atoms with E-state index in [2.05, 4.69) is 22.2 Å². The van der Waals surface area contributed by atoms with E-state index >= 15 is 0 Å². The lowest BCUT2D eigenvalue weighted by atomic mass is 10.1. The Bertz CT molecular complexity index is 444. The summed E-state index contributed by atoms with van der Waals surface area (Å²) < 4.78 is 0. The zero-order chi connectivity index (χ0) is 13.8. The molecule has 0 bridgehead atoms. The maximum absolute atomic E-state index is 12.0. The van der Waals surface area contributed by atoms with Crippen LogP contribution in [0.1, 0.15) is 35.4 Å². The Hall–Kier alpha value is -1.13. The van der Waals surface area contributed by atoms with Gasteiger partial charge in [-0.15, -0.1) is 0 Å². The number of carbonyl (C=O) groups is 1. The quantitative estimate of drug-likeness (QED) is 0.921. The number of halogens is 1. The van der Waals surface area contributed by atoms with Gasteiger partial charge in [0.1, 0.15) is 5.69 Å². The molecule has 104 valence electrons. The highest BCUT2D eigenvalue weighted by Gasteiger charge is 2.20. The largest absolute Gasteiger partial charge is 0.351 e. The van der Waals surface area contributed by atoms with E-state index in [1.165, 1.54) is 12.8 Å². The number of hydrogen-bond donors (Lipinski definition) is 1. The molecule has 0 saturated carbocycles. The molecule has 2 heterocycles. The van der Waals surface area contributed by atoms with Gasteiger partial charge in [-0.3, -0.25) is 4.79 Å². The van der Waals surface area contributed by atoms with Crippen molar-refractivity contribution in [1.29, 1.82) is 0 Å². The third-order valence-electron chi connectivity index (χ3n) is 3.59. The molecule has 4 nitrogen and oxygen atoms in total. The first-order valence-electron chi connectivity index (χ1n) is 6.69. The van der Waals surface area contributed by atoms with Crippen molar-refractivity contribution in [1.82, 2.24) is 15.2 Å². The molecule has 1 aromatic rings. The van der Waals surface area contributed by atoms with Crippen molar-refractivity contribution in [2.45, 2.75) is 32.2 Å². The van der Waals surface area contributed by atoms with Gasteiger partial charge in [-0.1, -0.05) is 11.6 Å². The monoisotopic (exact) mass is 281 g/mol. The maximum atomic E-state index is 12.0. The van der Waals surface area contributed by atoms with Gasteiger partial charge in [-0.05, 0) is 51.9 Å². The van der Waals surface area contributed by atoms with Crippen LogP contribution in [0.4, 0.5) is 0 Å². The van der Waals surface area contributed by atoms with Gasteiger partial charge in [-0.25, -0.2) is 4.98 Å². The third kappa shape index (κ3) is 3.91. The molecule has 1 atom stereocenters. The van der Waals surface area contributed by atoms with Gasteiger partial charge in [-0.2, -0.15) is 0 Å². The van der Waals surface area contributed by atoms with Crippen LogP contribution in [0.2, 0.25) is 5.02 Å². The Kier molecular flexibility index (Phi) is 4.77. The second-order valence-corrected chi connectivity index (χ2v) is 5.57. The molecule has 1 N–H and O–H groups in total. The average Bonchev–Trinajstić information content (AvgIpc) is 2.74. The van der Waals surface area contributed by atoms with E-state index in [0.717, 1.165) is 18.7 Å². The van der Waals surface area contributed by atoms with Crippen LogP contribution >= 0.6 is 11.6 Å². The van der Waals surface area contributed by atoms with Gasteiger partial charge < -0.3 is 10.2 Å². The molecule has 1 fully saturated rings. The smallest absolute Gasteiger partial charge is 0.269 e. The number of aromatic nitrogens is 1. The molecule has 1 aliphatic heterocycles. The van der Waals surface area contributed by atoms with Crippen molar-refractivity contribution in [3.63, 3.8) is 0 Å². The van der Waals surface area contributed by atoms with Crippen molar-refractivity contribution < 1.29 is 4.79 Å². The minimum absolute atomic E-state index is 0.147. The number of pyridine rings is 1. The number of rotatable bonds is 4. The van der Waals surface area contributed by atoms with Crippen LogP contribution in [0.15, 0.2) is 12.1 Å². The summed E-state index contributed by atoms with van der Waals surface area (Å²) in [4.78, 5) is 18.5. The molecule has 1 aliphatic rings. The summed E-state index contributed by atoms with van der Waals surface area (Å²) in [6, 6.07) is 3.94. The van der Waals surface area contributed by atoms with Crippen LogP contribution in [-0.4, -0.2) is 42.0 Å². The summed E-state index contributed by atoms with van der Waals surface area (Å²) in [6.07, 6.45) is 3.47. The number of hydrogen-bond acceptors (Lipinski definition) is 3. The molecule has 0 aliphatic carbocycles. The summed E-state index contributed by atoms with van der Waals surface area (Å²) in [5.41, 5.74) is 1.15. The van der Waals surface area contributed by atoms with Gasteiger partial charge in [0.15, 0.2) is 0 Å². The molecule has 0 aromatic carbocycles. The predicted molar refractivity (Wildman–Crippen MR) is 76.6 cm³/mol. The standard InChI is InChI=1S/C14H20ClN3O/c1-10-8-11(15)9-13(17-10)14(19)16-6-5-12-4-3-7-18(12)2/h8-9,12H,3-7H2,1-2H3,(H,16,19). The summed E-state index contributed by atoms with van der Waals surface area (Å²) in [6.45, 7) is 3.67. The van der Waals surface area contributed by atoms with Crippen LogP contribution in [0.3, 0.4) is 0 Å². The van der Waals surface area contributed by atoms with Gasteiger partial charge in [0, 0.05) is 23.3 Å². The van der Waals surface area contributed by atoms with Crippen LogP contribution in [0.25, 0.3) is 0 Å². The number of nitrogens with zero attached hydrogens (tertiary/aromatic N) is 2. The van der Waals surface area contributed by atoms with Crippen LogP contribution in [0.5, 0.6) is 0 Å². The molecule has 1 aromatic heterocycles. The first-order chi connectivity index (χ1) is 9.06. The zero-order valence-corrected chi connectivity index (χ0v) is 12.2. The first kappa shape index (κ1) is 14.3. The lowest BCUT2D eigenvalue weighted by Gasteiger charge is -2.19. The van der Waals surface area contributed by atoms with Crippen LogP contribution in [0, 0.1) is 6.92 Å². The van der Waals surface area contributed by atoms with E-state index in [1.54, 1.807) is 12.1 Å². The van der Waals surface area contributed by atoms with Gasteiger partial charge in [0.05, 0.1) is 0 Å².